The quantitative estimate of drug-likeness (QED) is 0.703. The molecule has 0 spiro atoms. The van der Waals surface area contributed by atoms with Crippen LogP contribution in [0.15, 0.2) is 48.5 Å². The second-order valence-corrected chi connectivity index (χ2v) is 7.37. The van der Waals surface area contributed by atoms with Crippen molar-refractivity contribution in [1.82, 2.24) is 0 Å². The number of hydrogen-bond acceptors (Lipinski definition) is 3. The molecule has 0 aromatic heterocycles. The molecule has 0 bridgehead atoms. The maximum absolute atomic E-state index is 12.6. The molecule has 142 valence electrons. The lowest BCUT2D eigenvalue weighted by molar-refractivity contribution is -0.149. The first kappa shape index (κ1) is 19.2. The van der Waals surface area contributed by atoms with Gasteiger partial charge in [-0.2, -0.15) is 0 Å². The van der Waals surface area contributed by atoms with Crippen LogP contribution in [0.25, 0.3) is 0 Å². The average Bonchev–Trinajstić information content (AvgIpc) is 3.08. The number of rotatable bonds is 6. The molecule has 0 saturated carbocycles. The average molecular weight is 365 g/mol. The van der Waals surface area contributed by atoms with Crippen molar-refractivity contribution < 1.29 is 14.3 Å². The minimum atomic E-state index is -0.409. The lowest BCUT2D eigenvalue weighted by Crippen LogP contribution is -2.27. The van der Waals surface area contributed by atoms with Crippen molar-refractivity contribution in [3.05, 3.63) is 65.2 Å². The van der Waals surface area contributed by atoms with E-state index in [2.05, 4.69) is 19.9 Å². The summed E-state index contributed by atoms with van der Waals surface area (Å²) in [5.74, 6) is -0.357. The summed E-state index contributed by atoms with van der Waals surface area (Å²) < 4.78 is 5.47. The van der Waals surface area contributed by atoms with E-state index < -0.39 is 5.92 Å². The smallest absolute Gasteiger partial charge is 0.311 e. The van der Waals surface area contributed by atoms with Gasteiger partial charge in [0, 0.05) is 18.7 Å². The molecule has 1 heterocycles. The van der Waals surface area contributed by atoms with Crippen molar-refractivity contribution in [2.75, 3.05) is 11.4 Å². The molecule has 0 unspecified atom stereocenters. The lowest BCUT2D eigenvalue weighted by atomic mass is 9.96. The molecule has 4 nitrogen and oxygen atoms in total. The van der Waals surface area contributed by atoms with Crippen LogP contribution in [0, 0.1) is 12.8 Å². The van der Waals surface area contributed by atoms with Crippen LogP contribution in [0.1, 0.15) is 49.3 Å². The van der Waals surface area contributed by atoms with Gasteiger partial charge >= 0.3 is 5.97 Å². The summed E-state index contributed by atoms with van der Waals surface area (Å²) in [6.45, 7) is 6.95. The van der Waals surface area contributed by atoms with E-state index in [1.165, 1.54) is 5.56 Å². The first-order valence-corrected chi connectivity index (χ1v) is 9.61. The highest BCUT2D eigenvalue weighted by Gasteiger charge is 2.37. The number of carbonyl (C=O) groups is 2. The fourth-order valence-corrected chi connectivity index (χ4v) is 3.42. The van der Waals surface area contributed by atoms with E-state index >= 15 is 0 Å². The Bertz CT molecular complexity index is 813. The van der Waals surface area contributed by atoms with E-state index in [0.717, 1.165) is 23.2 Å². The zero-order valence-corrected chi connectivity index (χ0v) is 16.3. The van der Waals surface area contributed by atoms with Gasteiger partial charge in [-0.3, -0.25) is 9.59 Å². The molecule has 1 amide bonds. The Kier molecular flexibility index (Phi) is 5.94. The Hall–Kier alpha value is -2.62. The fraction of sp³-hybridized carbons (Fsp3) is 0.391. The number of ether oxygens (including phenoxy) is 1. The van der Waals surface area contributed by atoms with Gasteiger partial charge in [0.25, 0.3) is 0 Å². The van der Waals surface area contributed by atoms with Crippen molar-refractivity contribution in [2.45, 2.75) is 46.1 Å². The Morgan fingerprint density at radius 1 is 1.19 bits per heavy atom. The summed E-state index contributed by atoms with van der Waals surface area (Å²) in [6.07, 6.45) is 1.21. The SMILES string of the molecule is CC[C@@H](C)c1ccccc1N1C[C@@H](C(=O)OCc2ccc(C)cc2)CC1=O. The first-order chi connectivity index (χ1) is 13.0. The molecule has 2 atom stereocenters. The number of aryl methyl sites for hydroxylation is 1. The highest BCUT2D eigenvalue weighted by Crippen LogP contribution is 2.33. The first-order valence-electron chi connectivity index (χ1n) is 9.61. The lowest BCUT2D eigenvalue weighted by Gasteiger charge is -2.23. The molecule has 1 fully saturated rings. The van der Waals surface area contributed by atoms with Gasteiger partial charge in [0.15, 0.2) is 0 Å². The van der Waals surface area contributed by atoms with Gasteiger partial charge < -0.3 is 9.64 Å². The van der Waals surface area contributed by atoms with Crippen molar-refractivity contribution in [3.63, 3.8) is 0 Å². The molecule has 0 aliphatic carbocycles. The van der Waals surface area contributed by atoms with Crippen LogP contribution < -0.4 is 4.90 Å². The summed E-state index contributed by atoms with van der Waals surface area (Å²) in [7, 11) is 0. The van der Waals surface area contributed by atoms with Crippen LogP contribution in [-0.2, 0) is 20.9 Å². The number of nitrogens with zero attached hydrogens (tertiary/aromatic N) is 1. The standard InChI is InChI=1S/C23H27NO3/c1-4-17(3)20-7-5-6-8-21(20)24-14-19(13-22(24)25)23(26)27-15-18-11-9-16(2)10-12-18/h5-12,17,19H,4,13-15H2,1-3H3/t17-,19+/m1/s1. The molecule has 3 rings (SSSR count). The zero-order chi connectivity index (χ0) is 19.4. The van der Waals surface area contributed by atoms with Crippen LogP contribution >= 0.6 is 0 Å². The van der Waals surface area contributed by atoms with Crippen LogP contribution in [0.2, 0.25) is 0 Å². The minimum Gasteiger partial charge on any atom is -0.461 e. The number of carbonyl (C=O) groups excluding carboxylic acids is 2. The van der Waals surface area contributed by atoms with Gasteiger partial charge in [0.1, 0.15) is 6.61 Å². The highest BCUT2D eigenvalue weighted by atomic mass is 16.5. The van der Waals surface area contributed by atoms with Gasteiger partial charge in [-0.05, 0) is 36.5 Å². The van der Waals surface area contributed by atoms with Crippen molar-refractivity contribution >= 4 is 17.6 Å². The van der Waals surface area contributed by atoms with Crippen LogP contribution in [-0.4, -0.2) is 18.4 Å². The molecule has 0 N–H and O–H groups in total. The van der Waals surface area contributed by atoms with Crippen LogP contribution in [0.5, 0.6) is 0 Å². The van der Waals surface area contributed by atoms with E-state index in [1.54, 1.807) is 4.90 Å². The normalized spacial score (nSPS) is 17.8. The Labute approximate surface area is 161 Å². The van der Waals surface area contributed by atoms with E-state index in [0.29, 0.717) is 12.5 Å². The van der Waals surface area contributed by atoms with Crippen LogP contribution in [0.3, 0.4) is 0 Å². The Morgan fingerprint density at radius 2 is 1.89 bits per heavy atom. The van der Waals surface area contributed by atoms with Gasteiger partial charge in [0.2, 0.25) is 5.91 Å². The molecule has 2 aromatic rings. The van der Waals surface area contributed by atoms with Gasteiger partial charge in [-0.25, -0.2) is 0 Å². The number of benzene rings is 2. The number of esters is 1. The molecule has 1 saturated heterocycles. The minimum absolute atomic E-state index is 0.0111. The zero-order valence-electron chi connectivity index (χ0n) is 16.3. The predicted molar refractivity (Wildman–Crippen MR) is 107 cm³/mol. The van der Waals surface area contributed by atoms with Crippen LogP contribution in [0.4, 0.5) is 5.69 Å². The third-order valence-corrected chi connectivity index (χ3v) is 5.33. The predicted octanol–water partition coefficient (Wildman–Crippen LogP) is 4.60. The summed E-state index contributed by atoms with van der Waals surface area (Å²) in [4.78, 5) is 26.8. The third-order valence-electron chi connectivity index (χ3n) is 5.33. The summed E-state index contributed by atoms with van der Waals surface area (Å²) in [5.41, 5.74) is 4.20. The summed E-state index contributed by atoms with van der Waals surface area (Å²) in [5, 5.41) is 0. The molecule has 0 radical (unpaired) electrons. The largest absolute Gasteiger partial charge is 0.461 e. The van der Waals surface area contributed by atoms with Crippen molar-refractivity contribution in [1.29, 1.82) is 0 Å². The van der Waals surface area contributed by atoms with Gasteiger partial charge in [-0.1, -0.05) is 61.9 Å². The van der Waals surface area contributed by atoms with E-state index in [9.17, 15) is 9.59 Å². The van der Waals surface area contributed by atoms with E-state index in [4.69, 9.17) is 4.74 Å². The molecule has 1 aliphatic rings. The highest BCUT2D eigenvalue weighted by molar-refractivity contribution is 6.00. The van der Waals surface area contributed by atoms with Gasteiger partial charge in [0.05, 0.1) is 5.92 Å². The molecule has 2 aromatic carbocycles. The Morgan fingerprint density at radius 3 is 2.59 bits per heavy atom. The van der Waals surface area contributed by atoms with Crippen molar-refractivity contribution in [2.24, 2.45) is 5.92 Å². The molecule has 1 aliphatic heterocycles. The van der Waals surface area contributed by atoms with E-state index in [-0.39, 0.29) is 24.9 Å². The van der Waals surface area contributed by atoms with Crippen molar-refractivity contribution in [3.8, 4) is 0 Å². The number of anilines is 1. The maximum Gasteiger partial charge on any atom is 0.311 e. The molecular weight excluding hydrogens is 338 g/mol. The fourth-order valence-electron chi connectivity index (χ4n) is 3.42. The monoisotopic (exact) mass is 365 g/mol. The topological polar surface area (TPSA) is 46.6 Å². The summed E-state index contributed by atoms with van der Waals surface area (Å²) in [6, 6.07) is 15.9. The number of hydrogen-bond donors (Lipinski definition) is 0. The second-order valence-electron chi connectivity index (χ2n) is 7.37. The third kappa shape index (κ3) is 4.38. The molecule has 4 heteroatoms. The molecule has 27 heavy (non-hydrogen) atoms. The number of para-hydroxylation sites is 1. The van der Waals surface area contributed by atoms with E-state index in [1.807, 2.05) is 49.4 Å². The Balaban J connectivity index is 1.67. The maximum atomic E-state index is 12.6. The second kappa shape index (κ2) is 8.38. The summed E-state index contributed by atoms with van der Waals surface area (Å²) >= 11 is 0. The molecular formula is C23H27NO3. The number of amides is 1. The van der Waals surface area contributed by atoms with Gasteiger partial charge in [-0.15, -0.1) is 0 Å².